The normalized spacial score (nSPS) is 14.7. The summed E-state index contributed by atoms with van der Waals surface area (Å²) in [6.07, 6.45) is 0.997. The van der Waals surface area contributed by atoms with Crippen molar-refractivity contribution >= 4 is 33.0 Å². The van der Waals surface area contributed by atoms with E-state index in [1.807, 2.05) is 6.07 Å². The van der Waals surface area contributed by atoms with E-state index in [0.29, 0.717) is 17.8 Å². The molecule has 2 amide bonds. The number of hydrogen-bond donors (Lipinski definition) is 1. The van der Waals surface area contributed by atoms with Crippen molar-refractivity contribution in [2.75, 3.05) is 28.8 Å². The maximum absolute atomic E-state index is 12.1. The minimum absolute atomic E-state index is 0.0616. The van der Waals surface area contributed by atoms with E-state index in [1.54, 1.807) is 0 Å². The van der Waals surface area contributed by atoms with E-state index in [4.69, 9.17) is 5.26 Å². The number of rotatable bonds is 2. The maximum atomic E-state index is 12.1. The van der Waals surface area contributed by atoms with Gasteiger partial charge in [0.25, 0.3) is 0 Å². The molecule has 0 saturated carbocycles. The lowest BCUT2D eigenvalue weighted by atomic mass is 10.1. The standard InChI is InChI=1S/C13H13N3O4S/c1-21(19,20)8-13(18)16-11-3-2-9(7-14)6-10(11)15-5-4-12(16)17/h2-3,6,15H,4-5,8H2,1H3. The van der Waals surface area contributed by atoms with Crippen LogP contribution >= 0.6 is 0 Å². The molecule has 7 nitrogen and oxygen atoms in total. The largest absolute Gasteiger partial charge is 0.383 e. The monoisotopic (exact) mass is 307 g/mol. The summed E-state index contributed by atoms with van der Waals surface area (Å²) in [4.78, 5) is 25.1. The summed E-state index contributed by atoms with van der Waals surface area (Å²) >= 11 is 0. The number of nitrogens with zero attached hydrogens (tertiary/aromatic N) is 2. The van der Waals surface area contributed by atoms with Crippen LogP contribution < -0.4 is 10.2 Å². The molecule has 0 atom stereocenters. The summed E-state index contributed by atoms with van der Waals surface area (Å²) in [6.45, 7) is 0.309. The summed E-state index contributed by atoms with van der Waals surface area (Å²) in [6, 6.07) is 6.42. The van der Waals surface area contributed by atoms with Gasteiger partial charge >= 0.3 is 0 Å². The smallest absolute Gasteiger partial charge is 0.249 e. The number of sulfone groups is 1. The fraction of sp³-hybridized carbons (Fsp3) is 0.308. The first-order valence-electron chi connectivity index (χ1n) is 6.13. The number of nitriles is 1. The van der Waals surface area contributed by atoms with E-state index in [-0.39, 0.29) is 12.1 Å². The van der Waals surface area contributed by atoms with E-state index in [1.165, 1.54) is 18.2 Å². The highest BCUT2D eigenvalue weighted by Crippen LogP contribution is 2.30. The molecule has 0 unspecified atom stereocenters. The molecule has 1 N–H and O–H groups in total. The van der Waals surface area contributed by atoms with Crippen molar-refractivity contribution in [1.82, 2.24) is 0 Å². The van der Waals surface area contributed by atoms with Crippen molar-refractivity contribution in [2.45, 2.75) is 6.42 Å². The number of anilines is 2. The van der Waals surface area contributed by atoms with Crippen LogP contribution in [-0.4, -0.2) is 38.8 Å². The van der Waals surface area contributed by atoms with Gasteiger partial charge in [0.1, 0.15) is 5.75 Å². The van der Waals surface area contributed by atoms with Gasteiger partial charge < -0.3 is 5.32 Å². The number of fused-ring (bicyclic) bond motifs is 1. The number of imide groups is 1. The van der Waals surface area contributed by atoms with Gasteiger partial charge in [-0.2, -0.15) is 5.26 Å². The SMILES string of the molecule is CS(=O)(=O)CC(=O)N1C(=O)CCNc2cc(C#N)ccc21. The average Bonchev–Trinajstić information content (AvgIpc) is 2.54. The van der Waals surface area contributed by atoms with Gasteiger partial charge in [0.2, 0.25) is 11.8 Å². The maximum Gasteiger partial charge on any atom is 0.249 e. The Kier molecular flexibility index (Phi) is 3.95. The highest BCUT2D eigenvalue weighted by molar-refractivity contribution is 7.91. The van der Waals surface area contributed by atoms with Gasteiger partial charge in [-0.3, -0.25) is 9.59 Å². The molecule has 1 aliphatic rings. The molecule has 0 aromatic heterocycles. The number of benzene rings is 1. The third-order valence-corrected chi connectivity index (χ3v) is 3.68. The molecule has 1 aliphatic heterocycles. The minimum Gasteiger partial charge on any atom is -0.383 e. The quantitative estimate of drug-likeness (QED) is 0.840. The van der Waals surface area contributed by atoms with Crippen molar-refractivity contribution in [3.8, 4) is 6.07 Å². The molecule has 1 aromatic rings. The summed E-state index contributed by atoms with van der Waals surface area (Å²) < 4.78 is 22.5. The predicted octanol–water partition coefficient (Wildman–Crippen LogP) is 0.278. The first kappa shape index (κ1) is 15.0. The first-order chi connectivity index (χ1) is 9.81. The van der Waals surface area contributed by atoms with Gasteiger partial charge in [-0.1, -0.05) is 0 Å². The summed E-state index contributed by atoms with van der Waals surface area (Å²) in [7, 11) is -3.54. The number of carbonyl (C=O) groups excluding carboxylic acids is 2. The lowest BCUT2D eigenvalue weighted by molar-refractivity contribution is -0.125. The van der Waals surface area contributed by atoms with Crippen LogP contribution in [0, 0.1) is 11.3 Å². The van der Waals surface area contributed by atoms with Crippen LogP contribution in [0.2, 0.25) is 0 Å². The topological polar surface area (TPSA) is 107 Å². The third kappa shape index (κ3) is 3.38. The lowest BCUT2D eigenvalue weighted by Gasteiger charge is -2.20. The Balaban J connectivity index is 2.48. The van der Waals surface area contributed by atoms with Crippen LogP contribution in [0.25, 0.3) is 0 Å². The van der Waals surface area contributed by atoms with Crippen LogP contribution in [0.1, 0.15) is 12.0 Å². The molecule has 1 aromatic carbocycles. The van der Waals surface area contributed by atoms with E-state index in [0.717, 1.165) is 11.2 Å². The predicted molar refractivity (Wildman–Crippen MR) is 76.5 cm³/mol. The van der Waals surface area contributed by atoms with Crippen LogP contribution in [0.4, 0.5) is 11.4 Å². The number of amides is 2. The van der Waals surface area contributed by atoms with Crippen molar-refractivity contribution < 1.29 is 18.0 Å². The molecule has 1 heterocycles. The Morgan fingerprint density at radius 3 is 2.81 bits per heavy atom. The van der Waals surface area contributed by atoms with Gasteiger partial charge in [0.05, 0.1) is 23.0 Å². The molecule has 2 rings (SSSR count). The molecule has 110 valence electrons. The van der Waals surface area contributed by atoms with Crippen molar-refractivity contribution in [3.05, 3.63) is 23.8 Å². The zero-order valence-corrected chi connectivity index (χ0v) is 12.1. The van der Waals surface area contributed by atoms with Crippen LogP contribution in [0.5, 0.6) is 0 Å². The second-order valence-electron chi connectivity index (χ2n) is 4.71. The molecule has 0 bridgehead atoms. The fourth-order valence-electron chi connectivity index (χ4n) is 2.05. The molecular formula is C13H13N3O4S. The van der Waals surface area contributed by atoms with E-state index in [2.05, 4.69) is 5.32 Å². The second kappa shape index (κ2) is 5.54. The molecule has 0 aliphatic carbocycles. The molecule has 8 heteroatoms. The molecular weight excluding hydrogens is 294 g/mol. The molecule has 0 saturated heterocycles. The summed E-state index contributed by atoms with van der Waals surface area (Å²) in [5, 5.41) is 11.8. The van der Waals surface area contributed by atoms with E-state index < -0.39 is 27.4 Å². The first-order valence-corrected chi connectivity index (χ1v) is 8.19. The van der Waals surface area contributed by atoms with Gasteiger partial charge in [-0.25, -0.2) is 13.3 Å². The Hall–Kier alpha value is -2.40. The van der Waals surface area contributed by atoms with Crippen LogP contribution in [0.15, 0.2) is 18.2 Å². The average molecular weight is 307 g/mol. The number of hydrogen-bond acceptors (Lipinski definition) is 6. The van der Waals surface area contributed by atoms with Crippen molar-refractivity contribution in [3.63, 3.8) is 0 Å². The summed E-state index contributed by atoms with van der Waals surface area (Å²) in [5.41, 5.74) is 1.11. The fourth-order valence-corrected chi connectivity index (χ4v) is 2.63. The molecule has 0 fully saturated rings. The minimum atomic E-state index is -3.54. The van der Waals surface area contributed by atoms with E-state index >= 15 is 0 Å². The Bertz CT molecular complexity index is 749. The van der Waals surface area contributed by atoms with Crippen LogP contribution in [0.3, 0.4) is 0 Å². The Labute approximate surface area is 122 Å². The molecule has 21 heavy (non-hydrogen) atoms. The van der Waals surface area contributed by atoms with Crippen LogP contribution in [-0.2, 0) is 19.4 Å². The third-order valence-electron chi connectivity index (χ3n) is 2.91. The van der Waals surface area contributed by atoms with Crippen molar-refractivity contribution in [2.24, 2.45) is 0 Å². The zero-order chi connectivity index (χ0) is 15.6. The molecule has 0 radical (unpaired) electrons. The van der Waals surface area contributed by atoms with E-state index in [9.17, 15) is 18.0 Å². The highest BCUT2D eigenvalue weighted by atomic mass is 32.2. The number of nitrogens with one attached hydrogen (secondary N) is 1. The van der Waals surface area contributed by atoms with Gasteiger partial charge in [-0.15, -0.1) is 0 Å². The summed E-state index contributed by atoms with van der Waals surface area (Å²) in [5.74, 6) is -2.00. The lowest BCUT2D eigenvalue weighted by Crippen LogP contribution is -2.40. The number of carbonyl (C=O) groups is 2. The second-order valence-corrected chi connectivity index (χ2v) is 6.85. The Morgan fingerprint density at radius 1 is 1.48 bits per heavy atom. The zero-order valence-electron chi connectivity index (χ0n) is 11.3. The highest BCUT2D eigenvalue weighted by Gasteiger charge is 2.29. The van der Waals surface area contributed by atoms with Gasteiger partial charge in [0.15, 0.2) is 9.84 Å². The Morgan fingerprint density at radius 2 is 2.19 bits per heavy atom. The van der Waals surface area contributed by atoms with Crippen molar-refractivity contribution in [1.29, 1.82) is 5.26 Å². The molecule has 0 spiro atoms. The van der Waals surface area contributed by atoms with Gasteiger partial charge in [-0.05, 0) is 18.2 Å². The van der Waals surface area contributed by atoms with Gasteiger partial charge in [0, 0.05) is 19.2 Å².